The average Bonchev–Trinajstić information content (AvgIpc) is 3.26. The number of rotatable bonds is 4. The fourth-order valence-electron chi connectivity index (χ4n) is 3.18. The Labute approximate surface area is 139 Å². The van der Waals surface area contributed by atoms with Crippen LogP contribution < -0.4 is 0 Å². The van der Waals surface area contributed by atoms with Gasteiger partial charge in [0.1, 0.15) is 0 Å². The molecule has 0 spiro atoms. The van der Waals surface area contributed by atoms with Crippen LogP contribution in [0.2, 0.25) is 5.02 Å². The predicted molar refractivity (Wildman–Crippen MR) is 85.0 cm³/mol. The molecule has 2 aliphatic rings. The molecule has 1 saturated heterocycles. The lowest BCUT2D eigenvalue weighted by Crippen LogP contribution is -2.43. The van der Waals surface area contributed by atoms with E-state index < -0.39 is 5.67 Å². The lowest BCUT2D eigenvalue weighted by Gasteiger charge is -2.35. The Bertz CT molecular complexity index is 685. The minimum atomic E-state index is -1.54. The van der Waals surface area contributed by atoms with Gasteiger partial charge in [0.15, 0.2) is 5.82 Å². The molecule has 122 valence electrons. The molecule has 2 heterocycles. The fraction of sp³-hybridized carbons (Fsp3) is 0.529. The molecule has 0 radical (unpaired) electrons. The van der Waals surface area contributed by atoms with E-state index in [2.05, 4.69) is 15.0 Å². The maximum absolute atomic E-state index is 15.4. The molecule has 1 atom stereocenters. The van der Waals surface area contributed by atoms with Crippen LogP contribution >= 0.6 is 11.6 Å². The second-order valence-corrected chi connectivity index (χ2v) is 7.07. The van der Waals surface area contributed by atoms with Gasteiger partial charge in [0.05, 0.1) is 0 Å². The average molecular weight is 336 g/mol. The summed E-state index contributed by atoms with van der Waals surface area (Å²) in [6, 6.07) is 7.69. The summed E-state index contributed by atoms with van der Waals surface area (Å²) in [5.41, 5.74) is -0.409. The van der Waals surface area contributed by atoms with Gasteiger partial charge >= 0.3 is 0 Å². The molecule has 1 aromatic heterocycles. The molecule has 6 heteroatoms. The van der Waals surface area contributed by atoms with Crippen LogP contribution in [0, 0.1) is 0 Å². The van der Waals surface area contributed by atoms with E-state index in [0.29, 0.717) is 36.3 Å². The van der Waals surface area contributed by atoms with Gasteiger partial charge in [-0.2, -0.15) is 4.98 Å². The van der Waals surface area contributed by atoms with Crippen LogP contribution in [0.1, 0.15) is 48.9 Å². The van der Waals surface area contributed by atoms with E-state index in [0.717, 1.165) is 31.4 Å². The van der Waals surface area contributed by atoms with Crippen LogP contribution in [0.3, 0.4) is 0 Å². The molecule has 23 heavy (non-hydrogen) atoms. The number of hydrogen-bond donors (Lipinski definition) is 0. The molecular weight excluding hydrogens is 317 g/mol. The van der Waals surface area contributed by atoms with Gasteiger partial charge in [-0.15, -0.1) is 0 Å². The van der Waals surface area contributed by atoms with Gasteiger partial charge in [-0.05, 0) is 49.9 Å². The van der Waals surface area contributed by atoms with Crippen molar-refractivity contribution in [3.8, 4) is 0 Å². The summed E-state index contributed by atoms with van der Waals surface area (Å²) in [6.45, 7) is 1.87. The van der Waals surface area contributed by atoms with Crippen molar-refractivity contribution in [2.45, 2.75) is 43.8 Å². The van der Waals surface area contributed by atoms with Crippen LogP contribution in [0.5, 0.6) is 0 Å². The highest BCUT2D eigenvalue weighted by atomic mass is 35.5. The smallest absolute Gasteiger partial charge is 0.265 e. The highest BCUT2D eigenvalue weighted by Gasteiger charge is 2.43. The van der Waals surface area contributed by atoms with E-state index in [1.165, 1.54) is 0 Å². The summed E-state index contributed by atoms with van der Waals surface area (Å²) >= 11 is 5.91. The van der Waals surface area contributed by atoms with E-state index in [1.807, 2.05) is 24.3 Å². The van der Waals surface area contributed by atoms with Gasteiger partial charge in [0.2, 0.25) is 5.67 Å². The zero-order valence-electron chi connectivity index (χ0n) is 12.8. The molecule has 0 amide bonds. The first-order chi connectivity index (χ1) is 11.1. The van der Waals surface area contributed by atoms with Crippen molar-refractivity contribution in [2.24, 2.45) is 0 Å². The Morgan fingerprint density at radius 1 is 1.30 bits per heavy atom. The van der Waals surface area contributed by atoms with Crippen LogP contribution in [-0.4, -0.2) is 28.1 Å². The number of hydrogen-bond acceptors (Lipinski definition) is 4. The Balaban J connectivity index is 1.47. The topological polar surface area (TPSA) is 42.2 Å². The molecule has 1 aliphatic heterocycles. The van der Waals surface area contributed by atoms with Crippen molar-refractivity contribution < 1.29 is 8.91 Å². The fourth-order valence-corrected chi connectivity index (χ4v) is 3.30. The standard InChI is InChI=1S/C17H19ClFN3O/c18-14-6-2-12(3-7-14)10-22-9-1-8-17(19,11-22)16-20-15(21-23-16)13-4-5-13/h2-3,6-7,13H,1,4-5,8-11H2. The number of piperidine rings is 1. The Kier molecular flexibility index (Phi) is 3.85. The first kappa shape index (κ1) is 15.1. The lowest BCUT2D eigenvalue weighted by atomic mass is 9.94. The summed E-state index contributed by atoms with van der Waals surface area (Å²) in [5, 5.41) is 4.67. The number of nitrogens with zero attached hydrogens (tertiary/aromatic N) is 3. The first-order valence-electron chi connectivity index (χ1n) is 8.12. The Morgan fingerprint density at radius 2 is 2.09 bits per heavy atom. The highest BCUT2D eigenvalue weighted by molar-refractivity contribution is 6.30. The summed E-state index contributed by atoms with van der Waals surface area (Å²) in [6.07, 6.45) is 3.39. The molecule has 2 aromatic rings. The number of alkyl halides is 1. The van der Waals surface area contributed by atoms with Gasteiger partial charge in [0.25, 0.3) is 5.89 Å². The number of likely N-dealkylation sites (tertiary alicyclic amines) is 1. The van der Waals surface area contributed by atoms with Gasteiger partial charge in [0, 0.05) is 24.0 Å². The number of halogens is 2. The molecule has 1 unspecified atom stereocenters. The van der Waals surface area contributed by atoms with Gasteiger partial charge in [-0.25, -0.2) is 4.39 Å². The number of aromatic nitrogens is 2. The van der Waals surface area contributed by atoms with Crippen molar-refractivity contribution >= 4 is 11.6 Å². The molecule has 2 fully saturated rings. The molecule has 4 rings (SSSR count). The second kappa shape index (κ2) is 5.87. The van der Waals surface area contributed by atoms with E-state index in [4.69, 9.17) is 16.1 Å². The largest absolute Gasteiger partial charge is 0.336 e. The van der Waals surface area contributed by atoms with E-state index in [1.54, 1.807) is 0 Å². The summed E-state index contributed by atoms with van der Waals surface area (Å²) in [7, 11) is 0. The SMILES string of the molecule is FC1(c2nc(C3CC3)no2)CCCN(Cc2ccc(Cl)cc2)C1. The van der Waals surface area contributed by atoms with Crippen LogP contribution in [0.4, 0.5) is 4.39 Å². The molecule has 1 saturated carbocycles. The first-order valence-corrected chi connectivity index (χ1v) is 8.50. The van der Waals surface area contributed by atoms with Crippen molar-refractivity contribution in [3.63, 3.8) is 0 Å². The maximum Gasteiger partial charge on any atom is 0.265 e. The lowest BCUT2D eigenvalue weighted by molar-refractivity contribution is 0.0124. The number of benzene rings is 1. The molecule has 1 aromatic carbocycles. The molecule has 0 bridgehead atoms. The third-order valence-corrected chi connectivity index (χ3v) is 4.86. The maximum atomic E-state index is 15.4. The molecule has 4 nitrogen and oxygen atoms in total. The van der Waals surface area contributed by atoms with Crippen molar-refractivity contribution in [3.05, 3.63) is 46.6 Å². The van der Waals surface area contributed by atoms with E-state index >= 15 is 4.39 Å². The summed E-state index contributed by atoms with van der Waals surface area (Å²) < 4.78 is 20.6. The van der Waals surface area contributed by atoms with Crippen molar-refractivity contribution in [1.29, 1.82) is 0 Å². The molecule has 1 aliphatic carbocycles. The third kappa shape index (κ3) is 3.26. The second-order valence-electron chi connectivity index (χ2n) is 6.64. The summed E-state index contributed by atoms with van der Waals surface area (Å²) in [4.78, 5) is 6.43. The molecule has 0 N–H and O–H groups in total. The van der Waals surface area contributed by atoms with Gasteiger partial charge in [-0.3, -0.25) is 4.90 Å². The van der Waals surface area contributed by atoms with Crippen LogP contribution in [-0.2, 0) is 12.2 Å². The molecular formula is C17H19ClFN3O. The van der Waals surface area contributed by atoms with Crippen molar-refractivity contribution in [1.82, 2.24) is 15.0 Å². The minimum absolute atomic E-state index is 0.153. The van der Waals surface area contributed by atoms with Gasteiger partial charge < -0.3 is 4.52 Å². The minimum Gasteiger partial charge on any atom is -0.336 e. The van der Waals surface area contributed by atoms with E-state index in [9.17, 15) is 0 Å². The van der Waals surface area contributed by atoms with Crippen molar-refractivity contribution in [2.75, 3.05) is 13.1 Å². The normalized spacial score (nSPS) is 25.7. The Hall–Kier alpha value is -1.46. The quantitative estimate of drug-likeness (QED) is 0.845. The van der Waals surface area contributed by atoms with Crippen LogP contribution in [0.15, 0.2) is 28.8 Å². The predicted octanol–water partition coefficient (Wildman–Crippen LogP) is 4.06. The zero-order valence-corrected chi connectivity index (χ0v) is 13.6. The Morgan fingerprint density at radius 3 is 2.83 bits per heavy atom. The third-order valence-electron chi connectivity index (χ3n) is 4.61. The monoisotopic (exact) mass is 335 g/mol. The summed E-state index contributed by atoms with van der Waals surface area (Å²) in [5.74, 6) is 1.21. The van der Waals surface area contributed by atoms with E-state index in [-0.39, 0.29) is 5.89 Å². The van der Waals surface area contributed by atoms with Gasteiger partial charge in [-0.1, -0.05) is 28.9 Å². The highest BCUT2D eigenvalue weighted by Crippen LogP contribution is 2.41. The zero-order chi connectivity index (χ0) is 15.9. The van der Waals surface area contributed by atoms with Crippen LogP contribution in [0.25, 0.3) is 0 Å².